The van der Waals surface area contributed by atoms with E-state index in [1.807, 2.05) is 6.42 Å². The Morgan fingerprint density at radius 1 is 1.06 bits per heavy atom. The molecule has 4 nitrogen and oxygen atoms in total. The highest BCUT2D eigenvalue weighted by Crippen LogP contribution is 2.30. The van der Waals surface area contributed by atoms with Crippen LogP contribution in [0.15, 0.2) is 0 Å². The number of carbonyl (C=O) groups excluding carboxylic acids is 2. The zero-order valence-electron chi connectivity index (χ0n) is 9.90. The van der Waals surface area contributed by atoms with Gasteiger partial charge in [0.15, 0.2) is 0 Å². The maximum Gasteiger partial charge on any atom is 0.308 e. The van der Waals surface area contributed by atoms with E-state index in [4.69, 9.17) is 9.47 Å². The Hall–Kier alpha value is -1.06. The van der Waals surface area contributed by atoms with Crippen LogP contribution < -0.4 is 0 Å². The van der Waals surface area contributed by atoms with E-state index in [1.54, 1.807) is 13.8 Å². The molecule has 2 unspecified atom stereocenters. The molecule has 0 aromatic rings. The van der Waals surface area contributed by atoms with E-state index >= 15 is 0 Å². The Kier molecular flexibility index (Phi) is 5.29. The molecule has 91 valence electrons. The van der Waals surface area contributed by atoms with Crippen molar-refractivity contribution in [2.75, 3.05) is 13.2 Å². The van der Waals surface area contributed by atoms with E-state index in [0.29, 0.717) is 32.5 Å². The minimum absolute atomic E-state index is 0.178. The molecule has 1 aliphatic carbocycles. The van der Waals surface area contributed by atoms with E-state index in [2.05, 4.69) is 0 Å². The van der Waals surface area contributed by atoms with Crippen molar-refractivity contribution in [3.05, 3.63) is 6.42 Å². The molecule has 2 atom stereocenters. The van der Waals surface area contributed by atoms with Gasteiger partial charge in [0.2, 0.25) is 0 Å². The lowest BCUT2D eigenvalue weighted by Crippen LogP contribution is -2.30. The van der Waals surface area contributed by atoms with Crippen LogP contribution >= 0.6 is 0 Å². The minimum Gasteiger partial charge on any atom is -0.466 e. The summed E-state index contributed by atoms with van der Waals surface area (Å²) in [5.41, 5.74) is 0. The van der Waals surface area contributed by atoms with E-state index in [-0.39, 0.29) is 23.8 Å². The normalized spacial score (nSPS) is 24.9. The quantitative estimate of drug-likeness (QED) is 0.686. The zero-order chi connectivity index (χ0) is 12.0. The van der Waals surface area contributed by atoms with Crippen LogP contribution in [0.1, 0.15) is 33.1 Å². The second-order valence-corrected chi connectivity index (χ2v) is 3.89. The second kappa shape index (κ2) is 6.51. The van der Waals surface area contributed by atoms with Crippen molar-refractivity contribution in [3.63, 3.8) is 0 Å². The molecule has 1 radical (unpaired) electrons. The van der Waals surface area contributed by atoms with Crippen molar-refractivity contribution >= 4 is 11.9 Å². The molecule has 1 saturated carbocycles. The van der Waals surface area contributed by atoms with Crippen LogP contribution in [-0.2, 0) is 19.1 Å². The van der Waals surface area contributed by atoms with Crippen molar-refractivity contribution in [1.82, 2.24) is 0 Å². The van der Waals surface area contributed by atoms with Crippen molar-refractivity contribution in [2.45, 2.75) is 33.1 Å². The molecule has 0 aliphatic heterocycles. The minimum atomic E-state index is -0.201. The van der Waals surface area contributed by atoms with Gasteiger partial charge in [-0.2, -0.15) is 0 Å². The summed E-state index contributed by atoms with van der Waals surface area (Å²) in [5.74, 6) is -0.758. The van der Waals surface area contributed by atoms with E-state index < -0.39 is 0 Å². The van der Waals surface area contributed by atoms with Crippen LogP contribution in [0.3, 0.4) is 0 Å². The third-order valence-corrected chi connectivity index (χ3v) is 2.71. The van der Waals surface area contributed by atoms with Gasteiger partial charge in [-0.25, -0.2) is 0 Å². The largest absolute Gasteiger partial charge is 0.466 e. The Morgan fingerprint density at radius 3 is 1.88 bits per heavy atom. The molecular formula is C12H19O4. The van der Waals surface area contributed by atoms with Gasteiger partial charge in [-0.15, -0.1) is 0 Å². The van der Waals surface area contributed by atoms with Crippen LogP contribution in [0.2, 0.25) is 0 Å². The molecule has 0 aromatic heterocycles. The first-order chi connectivity index (χ1) is 7.69. The second-order valence-electron chi connectivity index (χ2n) is 3.89. The number of rotatable bonds is 4. The fourth-order valence-electron chi connectivity index (χ4n) is 1.94. The summed E-state index contributed by atoms with van der Waals surface area (Å²) < 4.78 is 9.92. The molecule has 0 heterocycles. The molecule has 1 rings (SSSR count). The molecular weight excluding hydrogens is 208 g/mol. The highest BCUT2D eigenvalue weighted by molar-refractivity contribution is 5.76. The summed E-state index contributed by atoms with van der Waals surface area (Å²) in [5, 5.41) is 0. The topological polar surface area (TPSA) is 52.6 Å². The third-order valence-electron chi connectivity index (χ3n) is 2.71. The molecule has 1 aliphatic rings. The van der Waals surface area contributed by atoms with Gasteiger partial charge < -0.3 is 9.47 Å². The predicted octanol–water partition coefficient (Wildman–Crippen LogP) is 1.73. The van der Waals surface area contributed by atoms with Gasteiger partial charge in [-0.1, -0.05) is 0 Å². The molecule has 16 heavy (non-hydrogen) atoms. The average Bonchev–Trinajstić information content (AvgIpc) is 2.30. The first-order valence-corrected chi connectivity index (χ1v) is 5.83. The molecule has 0 saturated heterocycles. The SMILES string of the molecule is CCOC(=O)C1C[CH]CC(C(=O)OCC)C1. The summed E-state index contributed by atoms with van der Waals surface area (Å²) >= 11 is 0. The predicted molar refractivity (Wildman–Crippen MR) is 58.4 cm³/mol. The maximum absolute atomic E-state index is 11.5. The van der Waals surface area contributed by atoms with E-state index in [0.717, 1.165) is 0 Å². The molecule has 0 amide bonds. The molecule has 1 fully saturated rings. The van der Waals surface area contributed by atoms with Crippen molar-refractivity contribution in [3.8, 4) is 0 Å². The first-order valence-electron chi connectivity index (χ1n) is 5.83. The zero-order valence-corrected chi connectivity index (χ0v) is 9.90. The summed E-state index contributed by atoms with van der Waals surface area (Å²) in [6.07, 6.45) is 3.93. The van der Waals surface area contributed by atoms with Crippen molar-refractivity contribution < 1.29 is 19.1 Å². The fourth-order valence-corrected chi connectivity index (χ4v) is 1.94. The summed E-state index contributed by atoms with van der Waals surface area (Å²) in [6.45, 7) is 4.35. The van der Waals surface area contributed by atoms with Crippen LogP contribution in [-0.4, -0.2) is 25.2 Å². The molecule has 0 spiro atoms. The number of hydrogen-bond acceptors (Lipinski definition) is 4. The summed E-state index contributed by atoms with van der Waals surface area (Å²) in [4.78, 5) is 23.1. The van der Waals surface area contributed by atoms with Crippen molar-refractivity contribution in [1.29, 1.82) is 0 Å². The standard InChI is InChI=1S/C12H19O4/c1-3-15-11(13)9-6-5-7-10(8-9)12(14)16-4-2/h5,9-10H,3-4,6-8H2,1-2H3. The van der Waals surface area contributed by atoms with Crippen LogP contribution in [0.25, 0.3) is 0 Å². The van der Waals surface area contributed by atoms with Gasteiger partial charge in [0.1, 0.15) is 0 Å². The Bertz CT molecular complexity index is 225. The molecule has 0 aromatic carbocycles. The van der Waals surface area contributed by atoms with Crippen LogP contribution in [0.5, 0.6) is 0 Å². The number of hydrogen-bond donors (Lipinski definition) is 0. The number of esters is 2. The van der Waals surface area contributed by atoms with Crippen molar-refractivity contribution in [2.24, 2.45) is 11.8 Å². The summed E-state index contributed by atoms with van der Waals surface area (Å²) in [6, 6.07) is 0. The first kappa shape index (κ1) is 13.0. The number of carbonyl (C=O) groups is 2. The lowest BCUT2D eigenvalue weighted by atomic mass is 9.81. The van der Waals surface area contributed by atoms with Gasteiger partial charge in [-0.3, -0.25) is 9.59 Å². The monoisotopic (exact) mass is 227 g/mol. The molecule has 4 heteroatoms. The lowest BCUT2D eigenvalue weighted by molar-refractivity contribution is -0.153. The maximum atomic E-state index is 11.5. The highest BCUT2D eigenvalue weighted by Gasteiger charge is 2.32. The average molecular weight is 227 g/mol. The van der Waals surface area contributed by atoms with Gasteiger partial charge >= 0.3 is 11.9 Å². The van der Waals surface area contributed by atoms with Gasteiger partial charge in [-0.05, 0) is 39.5 Å². The molecule has 0 bridgehead atoms. The van der Waals surface area contributed by atoms with Gasteiger partial charge in [0.25, 0.3) is 0 Å². The van der Waals surface area contributed by atoms with E-state index in [1.165, 1.54) is 0 Å². The molecule has 0 N–H and O–H groups in total. The van der Waals surface area contributed by atoms with Gasteiger partial charge in [0.05, 0.1) is 25.0 Å². The Balaban J connectivity index is 2.46. The third kappa shape index (κ3) is 3.51. The summed E-state index contributed by atoms with van der Waals surface area (Å²) in [7, 11) is 0. The smallest absolute Gasteiger partial charge is 0.308 e. The van der Waals surface area contributed by atoms with Crippen LogP contribution in [0, 0.1) is 18.3 Å². The van der Waals surface area contributed by atoms with E-state index in [9.17, 15) is 9.59 Å². The Morgan fingerprint density at radius 2 is 1.50 bits per heavy atom. The highest BCUT2D eigenvalue weighted by atomic mass is 16.5. The van der Waals surface area contributed by atoms with Gasteiger partial charge in [0, 0.05) is 0 Å². The fraction of sp³-hybridized carbons (Fsp3) is 0.750. The van der Waals surface area contributed by atoms with Crippen LogP contribution in [0.4, 0.5) is 0 Å². The lowest BCUT2D eigenvalue weighted by Gasteiger charge is -2.25. The Labute approximate surface area is 96.3 Å². The number of ether oxygens (including phenoxy) is 2.